The standard InChI is InChI=1S/C4H12N.C3H3N2.Sn.3H/c1-5(2,3)4;1-2-4-5-3-1;;;;/h1-4H3;1-2H,(H,4,5);;;;/q+1;;;;;. The molecular formula is C7H18N3Sn+. The number of aromatic amines is 1. The third-order valence-electron chi connectivity index (χ3n) is 0.640. The molecule has 0 atom stereocenters. The number of aromatic nitrogens is 2. The van der Waals surface area contributed by atoms with Gasteiger partial charge in [0.05, 0.1) is 28.2 Å². The summed E-state index contributed by atoms with van der Waals surface area (Å²) in [6.07, 6.45) is 1.78. The molecule has 0 saturated carbocycles. The minimum absolute atomic E-state index is 0.624. The second kappa shape index (κ2) is 4.77. The van der Waals surface area contributed by atoms with Gasteiger partial charge in [-0.2, -0.15) is 0 Å². The Morgan fingerprint density at radius 3 is 1.91 bits per heavy atom. The van der Waals surface area contributed by atoms with Crippen molar-refractivity contribution in [2.75, 3.05) is 28.2 Å². The summed E-state index contributed by atoms with van der Waals surface area (Å²) in [5.74, 6) is 0. The van der Waals surface area contributed by atoms with Crippen molar-refractivity contribution in [2.45, 2.75) is 0 Å². The maximum atomic E-state index is 3.75. The topological polar surface area (TPSA) is 28.7 Å². The van der Waals surface area contributed by atoms with Crippen LogP contribution < -0.4 is 3.71 Å². The predicted octanol–water partition coefficient (Wildman–Crippen LogP) is -1.28. The molecule has 0 bridgehead atoms. The zero-order valence-electron chi connectivity index (χ0n) is 8.05. The van der Waals surface area contributed by atoms with Crippen molar-refractivity contribution in [3.63, 3.8) is 0 Å². The molecule has 0 radical (unpaired) electrons. The van der Waals surface area contributed by atoms with Crippen molar-refractivity contribution in [3.8, 4) is 0 Å². The molecule has 0 aliphatic rings. The van der Waals surface area contributed by atoms with Gasteiger partial charge in [-0.25, -0.2) is 0 Å². The Morgan fingerprint density at radius 2 is 1.82 bits per heavy atom. The van der Waals surface area contributed by atoms with Crippen LogP contribution in [0.1, 0.15) is 0 Å². The molecule has 64 valence electrons. The van der Waals surface area contributed by atoms with E-state index in [0.717, 1.165) is 4.48 Å². The van der Waals surface area contributed by atoms with Crippen LogP contribution in [0.15, 0.2) is 12.3 Å². The van der Waals surface area contributed by atoms with Crippen molar-refractivity contribution >= 4 is 26.2 Å². The van der Waals surface area contributed by atoms with E-state index < -0.39 is 0 Å². The third kappa shape index (κ3) is 13.0. The van der Waals surface area contributed by atoms with Crippen LogP contribution in [0.2, 0.25) is 0 Å². The average molecular weight is 263 g/mol. The van der Waals surface area contributed by atoms with Crippen LogP contribution in [0.25, 0.3) is 0 Å². The second-order valence-electron chi connectivity index (χ2n) is 3.92. The van der Waals surface area contributed by atoms with E-state index in [1.807, 2.05) is 6.07 Å². The molecule has 0 fully saturated rings. The molecule has 0 saturated heterocycles. The molecule has 1 heterocycles. The van der Waals surface area contributed by atoms with E-state index >= 15 is 0 Å². The van der Waals surface area contributed by atoms with Crippen LogP contribution in [0, 0.1) is 0 Å². The van der Waals surface area contributed by atoms with E-state index in [1.165, 1.54) is 3.71 Å². The van der Waals surface area contributed by atoms with Gasteiger partial charge in [-0.15, -0.1) is 0 Å². The van der Waals surface area contributed by atoms with Crippen molar-refractivity contribution in [3.05, 3.63) is 12.3 Å². The zero-order chi connectivity index (χ0) is 8.91. The van der Waals surface area contributed by atoms with Gasteiger partial charge in [0.15, 0.2) is 0 Å². The minimum atomic E-state index is 0.624. The van der Waals surface area contributed by atoms with Gasteiger partial charge in [0.25, 0.3) is 0 Å². The van der Waals surface area contributed by atoms with Crippen LogP contribution in [0.4, 0.5) is 0 Å². The Kier molecular flexibility index (Phi) is 4.75. The number of hydrogen-bond acceptors (Lipinski definition) is 1. The molecule has 1 aromatic rings. The summed E-state index contributed by atoms with van der Waals surface area (Å²) in [5, 5.41) is 6.59. The molecule has 0 spiro atoms. The molecule has 0 aliphatic carbocycles. The first-order chi connectivity index (χ1) is 4.89. The molecule has 4 heteroatoms. The van der Waals surface area contributed by atoms with Crippen molar-refractivity contribution in [1.82, 2.24) is 10.2 Å². The Balaban J connectivity index is 0.000000187. The summed E-state index contributed by atoms with van der Waals surface area (Å²) >= 11 is 0.624. The van der Waals surface area contributed by atoms with Crippen LogP contribution in [-0.4, -0.2) is 65.4 Å². The number of nitrogens with one attached hydrogen (secondary N) is 1. The molecule has 3 nitrogen and oxygen atoms in total. The summed E-state index contributed by atoms with van der Waals surface area (Å²) < 4.78 is 2.32. The average Bonchev–Trinajstić information content (AvgIpc) is 2.12. The Hall–Kier alpha value is -0.0313. The SMILES string of the molecule is C[N+](C)(C)C.[SnH3][c]1ccn[nH]1. The molecule has 1 N–H and O–H groups in total. The summed E-state index contributed by atoms with van der Waals surface area (Å²) in [6, 6.07) is 2.01. The van der Waals surface area contributed by atoms with Crippen LogP contribution >= 0.6 is 0 Å². The summed E-state index contributed by atoms with van der Waals surface area (Å²) in [5.41, 5.74) is 0. The van der Waals surface area contributed by atoms with E-state index in [1.54, 1.807) is 6.20 Å². The quantitative estimate of drug-likeness (QED) is 0.458. The monoisotopic (exact) mass is 264 g/mol. The molecule has 1 aromatic heterocycles. The van der Waals surface area contributed by atoms with Crippen molar-refractivity contribution in [1.29, 1.82) is 0 Å². The van der Waals surface area contributed by atoms with E-state index in [4.69, 9.17) is 0 Å². The Bertz CT molecular complexity index is 170. The Morgan fingerprint density at radius 1 is 1.36 bits per heavy atom. The maximum absolute atomic E-state index is 3.75. The predicted molar refractivity (Wildman–Crippen MR) is 52.1 cm³/mol. The zero-order valence-corrected chi connectivity index (χ0v) is 13.8. The van der Waals surface area contributed by atoms with Crippen LogP contribution in [0.5, 0.6) is 0 Å². The van der Waals surface area contributed by atoms with Crippen molar-refractivity contribution in [2.24, 2.45) is 0 Å². The summed E-state index contributed by atoms with van der Waals surface area (Å²) in [7, 11) is 8.50. The molecular weight excluding hydrogens is 245 g/mol. The third-order valence-corrected chi connectivity index (χ3v) is 2.23. The fourth-order valence-corrected chi connectivity index (χ4v) is 1.12. The van der Waals surface area contributed by atoms with Crippen LogP contribution in [0.3, 0.4) is 0 Å². The van der Waals surface area contributed by atoms with E-state index in [2.05, 4.69) is 38.4 Å². The van der Waals surface area contributed by atoms with E-state index in [0.29, 0.717) is 22.5 Å². The fraction of sp³-hybridized carbons (Fsp3) is 0.571. The van der Waals surface area contributed by atoms with Gasteiger partial charge in [0, 0.05) is 0 Å². The molecule has 0 amide bonds. The van der Waals surface area contributed by atoms with Crippen LogP contribution in [-0.2, 0) is 0 Å². The van der Waals surface area contributed by atoms with E-state index in [-0.39, 0.29) is 0 Å². The van der Waals surface area contributed by atoms with Gasteiger partial charge in [0.2, 0.25) is 0 Å². The second-order valence-corrected chi connectivity index (χ2v) is 7.00. The Labute approximate surface area is 81.5 Å². The molecule has 11 heavy (non-hydrogen) atoms. The fourth-order valence-electron chi connectivity index (χ4n) is 0.325. The van der Waals surface area contributed by atoms with Gasteiger partial charge in [-0.1, -0.05) is 0 Å². The van der Waals surface area contributed by atoms with Crippen molar-refractivity contribution < 1.29 is 4.48 Å². The first kappa shape index (κ1) is 11.0. The molecule has 0 unspecified atom stereocenters. The van der Waals surface area contributed by atoms with Gasteiger partial charge >= 0.3 is 48.7 Å². The van der Waals surface area contributed by atoms with Gasteiger partial charge < -0.3 is 4.48 Å². The normalized spacial score (nSPS) is 10.5. The van der Waals surface area contributed by atoms with Gasteiger partial charge in [0.1, 0.15) is 0 Å². The van der Waals surface area contributed by atoms with E-state index in [9.17, 15) is 0 Å². The van der Waals surface area contributed by atoms with Gasteiger partial charge in [-0.3, -0.25) is 0 Å². The molecule has 0 aromatic carbocycles. The number of H-pyrrole nitrogens is 1. The first-order valence-corrected chi connectivity index (χ1v) is 6.50. The number of hydrogen-bond donors (Lipinski definition) is 1. The number of quaternary nitrogens is 1. The number of nitrogens with zero attached hydrogens (tertiary/aromatic N) is 2. The number of rotatable bonds is 0. The first-order valence-electron chi connectivity index (χ1n) is 3.64. The molecule has 0 aliphatic heterocycles. The molecule has 1 rings (SSSR count). The van der Waals surface area contributed by atoms with Gasteiger partial charge in [-0.05, 0) is 0 Å². The summed E-state index contributed by atoms with van der Waals surface area (Å²) in [6.45, 7) is 0. The summed E-state index contributed by atoms with van der Waals surface area (Å²) in [4.78, 5) is 0.